The second kappa shape index (κ2) is 4.75. The van der Waals surface area contributed by atoms with Crippen LogP contribution in [-0.2, 0) is 22.7 Å². The third-order valence-electron chi connectivity index (χ3n) is 3.49. The van der Waals surface area contributed by atoms with E-state index in [2.05, 4.69) is 15.5 Å². The van der Waals surface area contributed by atoms with Crippen LogP contribution in [0.1, 0.15) is 32.0 Å². The molecular weight excluding hydrogens is 236 g/mol. The molecule has 0 saturated heterocycles. The molecule has 2 rings (SSSR count). The van der Waals surface area contributed by atoms with Crippen molar-refractivity contribution in [2.75, 3.05) is 0 Å². The predicted molar refractivity (Wildman–Crippen MR) is 61.5 cm³/mol. The zero-order valence-corrected chi connectivity index (χ0v) is 10.2. The molecular formula is C11H16N4O3. The molecule has 0 aliphatic heterocycles. The molecule has 1 amide bonds. The maximum Gasteiger partial charge on any atom is 0.319 e. The Hall–Kier alpha value is -1.92. The number of aliphatic carboxylic acids is 1. The van der Waals surface area contributed by atoms with Gasteiger partial charge >= 0.3 is 5.97 Å². The van der Waals surface area contributed by atoms with Crippen molar-refractivity contribution in [2.45, 2.75) is 39.3 Å². The smallest absolute Gasteiger partial charge is 0.319 e. The Morgan fingerprint density at radius 1 is 1.56 bits per heavy atom. The van der Waals surface area contributed by atoms with Crippen LogP contribution in [0.4, 0.5) is 0 Å². The van der Waals surface area contributed by atoms with Gasteiger partial charge < -0.3 is 15.0 Å². The van der Waals surface area contributed by atoms with Gasteiger partial charge in [0.1, 0.15) is 11.7 Å². The lowest BCUT2D eigenvalue weighted by Gasteiger charge is -2.35. The Labute approximate surface area is 104 Å². The van der Waals surface area contributed by atoms with Crippen molar-refractivity contribution in [3.8, 4) is 0 Å². The minimum Gasteiger partial charge on any atom is -0.480 e. The zero-order chi connectivity index (χ0) is 13.2. The average molecular weight is 252 g/mol. The van der Waals surface area contributed by atoms with Gasteiger partial charge in [-0.05, 0) is 19.8 Å². The molecule has 7 nitrogen and oxygen atoms in total. The number of rotatable bonds is 5. The number of carboxylic acids is 1. The van der Waals surface area contributed by atoms with Crippen molar-refractivity contribution in [1.82, 2.24) is 20.1 Å². The molecule has 0 unspecified atom stereocenters. The summed E-state index contributed by atoms with van der Waals surface area (Å²) < 4.78 is 1.80. The summed E-state index contributed by atoms with van der Waals surface area (Å²) in [5.74, 6) is -0.833. The van der Waals surface area contributed by atoms with Gasteiger partial charge in [-0.3, -0.25) is 9.59 Å². The van der Waals surface area contributed by atoms with Crippen LogP contribution in [0.25, 0.3) is 0 Å². The Balaban J connectivity index is 1.98. The largest absolute Gasteiger partial charge is 0.480 e. The van der Waals surface area contributed by atoms with E-state index in [1.807, 2.05) is 6.92 Å². The van der Waals surface area contributed by atoms with Crippen molar-refractivity contribution in [3.05, 3.63) is 12.2 Å². The summed E-state index contributed by atoms with van der Waals surface area (Å²) in [7, 11) is 0. The minimum atomic E-state index is -1.23. The van der Waals surface area contributed by atoms with Crippen LogP contribution in [0.15, 0.2) is 6.33 Å². The number of nitrogens with zero attached hydrogens (tertiary/aromatic N) is 3. The van der Waals surface area contributed by atoms with Crippen molar-refractivity contribution >= 4 is 11.9 Å². The van der Waals surface area contributed by atoms with E-state index in [0.29, 0.717) is 25.2 Å². The van der Waals surface area contributed by atoms with Crippen LogP contribution >= 0.6 is 0 Å². The van der Waals surface area contributed by atoms with E-state index in [1.165, 1.54) is 0 Å². The Morgan fingerprint density at radius 3 is 2.78 bits per heavy atom. The number of carbonyl (C=O) groups is 2. The second-order valence-corrected chi connectivity index (χ2v) is 4.46. The van der Waals surface area contributed by atoms with Crippen LogP contribution < -0.4 is 5.32 Å². The fraction of sp³-hybridized carbons (Fsp3) is 0.636. The lowest BCUT2D eigenvalue weighted by atomic mass is 9.68. The maximum atomic E-state index is 11.9. The third-order valence-corrected chi connectivity index (χ3v) is 3.49. The number of hydrogen-bond donors (Lipinski definition) is 2. The monoisotopic (exact) mass is 252 g/mol. The van der Waals surface area contributed by atoms with Crippen LogP contribution in [0.2, 0.25) is 0 Å². The second-order valence-electron chi connectivity index (χ2n) is 4.46. The third kappa shape index (κ3) is 1.96. The molecule has 98 valence electrons. The molecule has 0 aromatic carbocycles. The number of aromatic nitrogens is 3. The fourth-order valence-electron chi connectivity index (χ4n) is 2.08. The minimum absolute atomic E-state index is 0.210. The van der Waals surface area contributed by atoms with E-state index in [4.69, 9.17) is 5.11 Å². The fourth-order valence-corrected chi connectivity index (χ4v) is 2.08. The first-order chi connectivity index (χ1) is 8.60. The highest BCUT2D eigenvalue weighted by atomic mass is 16.4. The van der Waals surface area contributed by atoms with Crippen LogP contribution in [0.5, 0.6) is 0 Å². The summed E-state index contributed by atoms with van der Waals surface area (Å²) in [5, 5.41) is 19.4. The van der Waals surface area contributed by atoms with Gasteiger partial charge in [-0.2, -0.15) is 0 Å². The van der Waals surface area contributed by atoms with E-state index in [1.54, 1.807) is 10.9 Å². The van der Waals surface area contributed by atoms with Gasteiger partial charge in [0, 0.05) is 6.54 Å². The summed E-state index contributed by atoms with van der Waals surface area (Å²) in [6.45, 7) is 2.86. The molecule has 1 aromatic rings. The Kier molecular flexibility index (Phi) is 3.31. The lowest BCUT2D eigenvalue weighted by Crippen LogP contribution is -2.50. The molecule has 1 aromatic heterocycles. The number of nitrogens with one attached hydrogen (secondary N) is 1. The van der Waals surface area contributed by atoms with Crippen molar-refractivity contribution in [2.24, 2.45) is 5.41 Å². The number of aryl methyl sites for hydroxylation is 1. The van der Waals surface area contributed by atoms with Gasteiger partial charge in [0.15, 0.2) is 5.82 Å². The van der Waals surface area contributed by atoms with Crippen molar-refractivity contribution in [1.29, 1.82) is 0 Å². The lowest BCUT2D eigenvalue weighted by molar-refractivity contribution is -0.162. The molecule has 0 spiro atoms. The average Bonchev–Trinajstić information content (AvgIpc) is 2.71. The molecule has 1 aliphatic carbocycles. The highest BCUT2D eigenvalue weighted by Crippen LogP contribution is 2.41. The zero-order valence-electron chi connectivity index (χ0n) is 10.2. The highest BCUT2D eigenvalue weighted by molar-refractivity contribution is 6.02. The normalized spacial score (nSPS) is 16.9. The van der Waals surface area contributed by atoms with E-state index < -0.39 is 17.3 Å². The van der Waals surface area contributed by atoms with Gasteiger partial charge in [-0.15, -0.1) is 10.2 Å². The first-order valence-corrected chi connectivity index (χ1v) is 5.98. The van der Waals surface area contributed by atoms with Crippen LogP contribution in [0.3, 0.4) is 0 Å². The topological polar surface area (TPSA) is 97.1 Å². The van der Waals surface area contributed by atoms with Crippen LogP contribution in [0, 0.1) is 5.41 Å². The van der Waals surface area contributed by atoms with Gasteiger partial charge in [-0.25, -0.2) is 0 Å². The number of carbonyl (C=O) groups excluding carboxylic acids is 1. The molecule has 1 saturated carbocycles. The molecule has 0 atom stereocenters. The van der Waals surface area contributed by atoms with E-state index in [-0.39, 0.29) is 6.54 Å². The van der Waals surface area contributed by atoms with Gasteiger partial charge in [-0.1, -0.05) is 6.42 Å². The molecule has 1 heterocycles. The van der Waals surface area contributed by atoms with E-state index in [9.17, 15) is 9.59 Å². The molecule has 1 aliphatic rings. The molecule has 2 N–H and O–H groups in total. The van der Waals surface area contributed by atoms with E-state index in [0.717, 1.165) is 6.42 Å². The van der Waals surface area contributed by atoms with E-state index >= 15 is 0 Å². The molecule has 0 bridgehead atoms. The quantitative estimate of drug-likeness (QED) is 0.728. The number of carboxylic acid groups (broad SMARTS) is 1. The molecule has 18 heavy (non-hydrogen) atoms. The summed E-state index contributed by atoms with van der Waals surface area (Å²) in [4.78, 5) is 23.1. The van der Waals surface area contributed by atoms with Crippen molar-refractivity contribution < 1.29 is 14.7 Å². The van der Waals surface area contributed by atoms with Gasteiger partial charge in [0.2, 0.25) is 5.91 Å². The number of amides is 1. The first-order valence-electron chi connectivity index (χ1n) is 5.98. The number of hydrogen-bond acceptors (Lipinski definition) is 4. The highest BCUT2D eigenvalue weighted by Gasteiger charge is 2.51. The SMILES string of the molecule is CCn1cnnc1CNC(=O)C1(C(=O)O)CCC1. The van der Waals surface area contributed by atoms with Crippen molar-refractivity contribution in [3.63, 3.8) is 0 Å². The summed E-state index contributed by atoms with van der Waals surface area (Å²) in [6.07, 6.45) is 3.19. The molecule has 7 heteroatoms. The summed E-state index contributed by atoms with van der Waals surface area (Å²) in [5.41, 5.74) is -1.23. The van der Waals surface area contributed by atoms with Gasteiger partial charge in [0.25, 0.3) is 0 Å². The maximum absolute atomic E-state index is 11.9. The Bertz CT molecular complexity index is 465. The van der Waals surface area contributed by atoms with Gasteiger partial charge in [0.05, 0.1) is 6.54 Å². The van der Waals surface area contributed by atoms with Crippen LogP contribution in [-0.4, -0.2) is 31.7 Å². The Morgan fingerprint density at radius 2 is 2.28 bits per heavy atom. The summed E-state index contributed by atoms with van der Waals surface area (Å²) >= 11 is 0. The predicted octanol–water partition coefficient (Wildman–Crippen LogP) is 0.169. The molecule has 0 radical (unpaired) electrons. The molecule has 1 fully saturated rings. The first kappa shape index (κ1) is 12.5. The standard InChI is InChI=1S/C11H16N4O3/c1-2-15-7-13-14-8(15)6-12-9(16)11(10(17)18)4-3-5-11/h7H,2-6H2,1H3,(H,12,16)(H,17,18). The summed E-state index contributed by atoms with van der Waals surface area (Å²) in [6, 6.07) is 0.